The summed E-state index contributed by atoms with van der Waals surface area (Å²) in [5, 5.41) is 2.86. The van der Waals surface area contributed by atoms with Gasteiger partial charge in [0.15, 0.2) is 0 Å². The number of amides is 2. The third kappa shape index (κ3) is 8.53. The highest BCUT2D eigenvalue weighted by Gasteiger charge is 2.32. The second kappa shape index (κ2) is 14.6. The van der Waals surface area contributed by atoms with Crippen LogP contribution in [0.4, 0.5) is 10.1 Å². The molecule has 3 aromatic carbocycles. The first kappa shape index (κ1) is 31.6. The van der Waals surface area contributed by atoms with E-state index in [-0.39, 0.29) is 23.0 Å². The summed E-state index contributed by atoms with van der Waals surface area (Å²) in [6.45, 7) is 7.86. The maximum atomic E-state index is 13.9. The molecule has 0 spiro atoms. The van der Waals surface area contributed by atoms with Crippen molar-refractivity contribution in [3.05, 3.63) is 89.7 Å². The van der Waals surface area contributed by atoms with Gasteiger partial charge in [-0.3, -0.25) is 13.9 Å². The van der Waals surface area contributed by atoms with Crippen LogP contribution in [0.15, 0.2) is 77.7 Å². The number of aryl methyl sites for hydroxylation is 1. The van der Waals surface area contributed by atoms with Crippen LogP contribution in [0.5, 0.6) is 5.75 Å². The lowest BCUT2D eigenvalue weighted by molar-refractivity contribution is -0.139. The molecule has 1 N–H and O–H groups in total. The van der Waals surface area contributed by atoms with E-state index in [0.717, 1.165) is 52.5 Å². The molecule has 8 nitrogen and oxygen atoms in total. The molecule has 0 aliphatic heterocycles. The van der Waals surface area contributed by atoms with E-state index in [2.05, 4.69) is 5.32 Å². The first-order valence-corrected chi connectivity index (χ1v) is 15.1. The number of benzene rings is 3. The van der Waals surface area contributed by atoms with Crippen LogP contribution in [-0.2, 0) is 26.2 Å². The number of sulfonamides is 1. The fourth-order valence-electron chi connectivity index (χ4n) is 4.15. The first-order chi connectivity index (χ1) is 19.6. The number of rotatable bonds is 14. The SMILES string of the molecule is CCCCNC(=O)C(C)N(Cc1ccc(C)cc1)C(=O)CN(c1ccc(OCC)cc1)S(=O)(=O)c1ccc(F)cc1. The van der Waals surface area contributed by atoms with E-state index < -0.39 is 34.3 Å². The van der Waals surface area contributed by atoms with Gasteiger partial charge in [0.05, 0.1) is 17.2 Å². The fraction of sp³-hybridized carbons (Fsp3) is 0.355. The zero-order valence-corrected chi connectivity index (χ0v) is 24.8. The highest BCUT2D eigenvalue weighted by molar-refractivity contribution is 7.92. The Bertz CT molecular complexity index is 1400. The number of unbranched alkanes of at least 4 members (excludes halogenated alkanes) is 1. The van der Waals surface area contributed by atoms with Crippen LogP contribution in [-0.4, -0.2) is 50.9 Å². The Morgan fingerprint density at radius 3 is 2.17 bits per heavy atom. The molecule has 0 aromatic heterocycles. The van der Waals surface area contributed by atoms with Gasteiger partial charge in [-0.2, -0.15) is 0 Å². The standard InChI is InChI=1S/C31H38FN3O5S/c1-5-7-20-33-31(37)24(4)34(21-25-10-8-23(3)9-11-25)30(36)22-35(27-14-16-28(17-15-27)40-6-2)41(38,39)29-18-12-26(32)13-19-29/h8-19,24H,5-7,20-22H2,1-4H3,(H,33,37). The molecular formula is C31H38FN3O5S. The molecule has 0 heterocycles. The van der Waals surface area contributed by atoms with Crippen molar-refractivity contribution >= 4 is 27.5 Å². The smallest absolute Gasteiger partial charge is 0.264 e. The van der Waals surface area contributed by atoms with Gasteiger partial charge >= 0.3 is 0 Å². The molecule has 220 valence electrons. The van der Waals surface area contributed by atoms with Gasteiger partial charge in [-0.15, -0.1) is 0 Å². The zero-order chi connectivity index (χ0) is 30.0. The predicted molar refractivity (Wildman–Crippen MR) is 158 cm³/mol. The number of nitrogens with one attached hydrogen (secondary N) is 1. The minimum Gasteiger partial charge on any atom is -0.494 e. The molecule has 41 heavy (non-hydrogen) atoms. The van der Waals surface area contributed by atoms with Crippen LogP contribution >= 0.6 is 0 Å². The molecule has 0 saturated carbocycles. The quantitative estimate of drug-likeness (QED) is 0.268. The molecule has 0 fully saturated rings. The van der Waals surface area contributed by atoms with Crippen molar-refractivity contribution in [2.75, 3.05) is 24.0 Å². The van der Waals surface area contributed by atoms with Gasteiger partial charge in [0.2, 0.25) is 11.8 Å². The lowest BCUT2D eigenvalue weighted by atomic mass is 10.1. The summed E-state index contributed by atoms with van der Waals surface area (Å²) in [5.74, 6) is -0.934. The molecular weight excluding hydrogens is 545 g/mol. The van der Waals surface area contributed by atoms with E-state index in [1.165, 1.54) is 4.90 Å². The van der Waals surface area contributed by atoms with Crippen molar-refractivity contribution in [3.63, 3.8) is 0 Å². The van der Waals surface area contributed by atoms with Crippen LogP contribution in [0.1, 0.15) is 44.7 Å². The topological polar surface area (TPSA) is 96.0 Å². The summed E-state index contributed by atoms with van der Waals surface area (Å²) in [4.78, 5) is 28.2. The van der Waals surface area contributed by atoms with E-state index in [1.807, 2.05) is 45.0 Å². The van der Waals surface area contributed by atoms with Crippen molar-refractivity contribution in [1.82, 2.24) is 10.2 Å². The molecule has 0 aliphatic rings. The first-order valence-electron chi connectivity index (χ1n) is 13.7. The summed E-state index contributed by atoms with van der Waals surface area (Å²) in [6, 6.07) is 17.4. The fourth-order valence-corrected chi connectivity index (χ4v) is 5.56. The van der Waals surface area contributed by atoms with E-state index in [9.17, 15) is 22.4 Å². The van der Waals surface area contributed by atoms with Crippen LogP contribution < -0.4 is 14.4 Å². The van der Waals surface area contributed by atoms with Crippen LogP contribution in [0.3, 0.4) is 0 Å². The molecule has 0 radical (unpaired) electrons. The lowest BCUT2D eigenvalue weighted by Crippen LogP contribution is -2.51. The van der Waals surface area contributed by atoms with Crippen molar-refractivity contribution in [2.45, 2.75) is 58.0 Å². The summed E-state index contributed by atoms with van der Waals surface area (Å²) >= 11 is 0. The second-order valence-electron chi connectivity index (χ2n) is 9.72. The van der Waals surface area contributed by atoms with Gasteiger partial charge < -0.3 is 15.0 Å². The Balaban J connectivity index is 2.00. The van der Waals surface area contributed by atoms with Gasteiger partial charge in [0.25, 0.3) is 10.0 Å². The Labute approximate surface area is 242 Å². The average molecular weight is 584 g/mol. The van der Waals surface area contributed by atoms with E-state index >= 15 is 0 Å². The van der Waals surface area contributed by atoms with Crippen molar-refractivity contribution < 1.29 is 27.1 Å². The maximum absolute atomic E-state index is 13.9. The van der Waals surface area contributed by atoms with Gasteiger partial charge in [-0.05, 0) is 81.3 Å². The summed E-state index contributed by atoms with van der Waals surface area (Å²) in [6.07, 6.45) is 1.70. The molecule has 2 amide bonds. The Hall–Kier alpha value is -3.92. The number of halogens is 1. The molecule has 1 atom stereocenters. The lowest BCUT2D eigenvalue weighted by Gasteiger charge is -2.32. The highest BCUT2D eigenvalue weighted by atomic mass is 32.2. The van der Waals surface area contributed by atoms with E-state index in [4.69, 9.17) is 4.74 Å². The number of carbonyl (C=O) groups excluding carboxylic acids is 2. The minimum atomic E-state index is -4.29. The number of carbonyl (C=O) groups is 2. The van der Waals surface area contributed by atoms with E-state index in [0.29, 0.717) is 18.9 Å². The van der Waals surface area contributed by atoms with Crippen molar-refractivity contribution in [2.24, 2.45) is 0 Å². The maximum Gasteiger partial charge on any atom is 0.264 e. The minimum absolute atomic E-state index is 0.106. The molecule has 3 rings (SSSR count). The summed E-state index contributed by atoms with van der Waals surface area (Å²) in [5.41, 5.74) is 2.07. The van der Waals surface area contributed by atoms with Crippen molar-refractivity contribution in [3.8, 4) is 5.75 Å². The van der Waals surface area contributed by atoms with Gasteiger partial charge in [0.1, 0.15) is 24.2 Å². The number of hydrogen-bond donors (Lipinski definition) is 1. The van der Waals surface area contributed by atoms with Crippen LogP contribution in [0.2, 0.25) is 0 Å². The largest absolute Gasteiger partial charge is 0.494 e. The van der Waals surface area contributed by atoms with Crippen molar-refractivity contribution in [1.29, 1.82) is 0 Å². The van der Waals surface area contributed by atoms with Crippen LogP contribution in [0.25, 0.3) is 0 Å². The Morgan fingerprint density at radius 1 is 0.951 bits per heavy atom. The Morgan fingerprint density at radius 2 is 1.59 bits per heavy atom. The van der Waals surface area contributed by atoms with Crippen LogP contribution in [0, 0.1) is 12.7 Å². The van der Waals surface area contributed by atoms with E-state index in [1.54, 1.807) is 31.2 Å². The molecule has 0 saturated heterocycles. The molecule has 3 aromatic rings. The number of hydrogen-bond acceptors (Lipinski definition) is 5. The average Bonchev–Trinajstić information content (AvgIpc) is 2.96. The third-order valence-electron chi connectivity index (χ3n) is 6.59. The van der Waals surface area contributed by atoms with Gasteiger partial charge in [-0.25, -0.2) is 12.8 Å². The predicted octanol–water partition coefficient (Wildman–Crippen LogP) is 5.06. The molecule has 0 aliphatic carbocycles. The van der Waals surface area contributed by atoms with Gasteiger partial charge in [-0.1, -0.05) is 43.2 Å². The Kier molecular flexibility index (Phi) is 11.3. The molecule has 0 bridgehead atoms. The summed E-state index contributed by atoms with van der Waals surface area (Å²) < 4.78 is 47.7. The van der Waals surface area contributed by atoms with Gasteiger partial charge in [0, 0.05) is 13.1 Å². The number of nitrogens with zero attached hydrogens (tertiary/aromatic N) is 2. The summed E-state index contributed by atoms with van der Waals surface area (Å²) in [7, 11) is -4.29. The normalized spacial score (nSPS) is 11.9. The number of anilines is 1. The third-order valence-corrected chi connectivity index (χ3v) is 8.37. The zero-order valence-electron chi connectivity index (χ0n) is 24.0. The molecule has 10 heteroatoms. The number of ether oxygens (including phenoxy) is 1. The highest BCUT2D eigenvalue weighted by Crippen LogP contribution is 2.27. The second-order valence-corrected chi connectivity index (χ2v) is 11.6. The monoisotopic (exact) mass is 583 g/mol. The molecule has 1 unspecified atom stereocenters.